The maximum atomic E-state index is 10.6. The zero-order chi connectivity index (χ0) is 18.4. The lowest BCUT2D eigenvalue weighted by Gasteiger charge is -2.30. The van der Waals surface area contributed by atoms with Gasteiger partial charge in [0.05, 0.1) is 21.8 Å². The molecular formula is C19H24Cl2N2O2. The predicted molar refractivity (Wildman–Crippen MR) is 104 cm³/mol. The fourth-order valence-corrected chi connectivity index (χ4v) is 3.09. The van der Waals surface area contributed by atoms with E-state index in [9.17, 15) is 5.11 Å². The minimum absolute atomic E-state index is 0.139. The first-order valence-corrected chi connectivity index (χ1v) is 9.02. The number of benzene rings is 2. The molecule has 0 fully saturated rings. The molecule has 2 unspecified atom stereocenters. The second-order valence-corrected chi connectivity index (χ2v) is 6.79. The molecule has 0 heterocycles. The van der Waals surface area contributed by atoms with Crippen LogP contribution in [-0.2, 0) is 0 Å². The van der Waals surface area contributed by atoms with Crippen molar-refractivity contribution in [3.8, 4) is 5.75 Å². The van der Waals surface area contributed by atoms with Crippen molar-refractivity contribution in [2.24, 2.45) is 0 Å². The standard InChI is InChI=1S/C19H24Cl2N2O2/c1-3-23(13(2)12-25-15-7-5-4-6-8-15)11-18(24)14-9-16(20)19(22)17(21)10-14/h4-10,13,18,24H,3,11-12,22H2,1-2H3. The first kappa shape index (κ1) is 19.9. The maximum Gasteiger partial charge on any atom is 0.119 e. The molecule has 0 amide bonds. The summed E-state index contributed by atoms with van der Waals surface area (Å²) in [6.45, 7) is 5.89. The molecule has 4 nitrogen and oxygen atoms in total. The Hall–Kier alpha value is -1.46. The van der Waals surface area contributed by atoms with Crippen molar-refractivity contribution in [2.75, 3.05) is 25.4 Å². The van der Waals surface area contributed by atoms with Crippen LogP contribution in [0.25, 0.3) is 0 Å². The Bertz CT molecular complexity index is 659. The number of anilines is 1. The summed E-state index contributed by atoms with van der Waals surface area (Å²) in [5.41, 5.74) is 6.73. The van der Waals surface area contributed by atoms with Crippen LogP contribution < -0.4 is 10.5 Å². The SMILES string of the molecule is CCN(CC(O)c1cc(Cl)c(N)c(Cl)c1)C(C)COc1ccccc1. The van der Waals surface area contributed by atoms with Crippen LogP contribution in [0.1, 0.15) is 25.5 Å². The number of aliphatic hydroxyl groups is 1. The topological polar surface area (TPSA) is 58.7 Å². The lowest BCUT2D eigenvalue weighted by Crippen LogP contribution is -2.39. The number of rotatable bonds is 8. The lowest BCUT2D eigenvalue weighted by molar-refractivity contribution is 0.0768. The number of para-hydroxylation sites is 1. The summed E-state index contributed by atoms with van der Waals surface area (Å²) in [6, 6.07) is 13.1. The van der Waals surface area contributed by atoms with E-state index in [0.29, 0.717) is 34.4 Å². The molecule has 0 aliphatic carbocycles. The highest BCUT2D eigenvalue weighted by molar-refractivity contribution is 6.38. The maximum absolute atomic E-state index is 10.6. The number of ether oxygens (including phenoxy) is 1. The molecule has 0 spiro atoms. The van der Waals surface area contributed by atoms with E-state index in [0.717, 1.165) is 12.3 Å². The molecule has 2 aromatic rings. The highest BCUT2D eigenvalue weighted by Crippen LogP contribution is 2.31. The largest absolute Gasteiger partial charge is 0.492 e. The molecule has 0 radical (unpaired) electrons. The van der Waals surface area contributed by atoms with Gasteiger partial charge in [0.1, 0.15) is 12.4 Å². The Morgan fingerprint density at radius 1 is 1.16 bits per heavy atom. The van der Waals surface area contributed by atoms with Gasteiger partial charge in [-0.25, -0.2) is 0 Å². The van der Waals surface area contributed by atoms with E-state index in [1.54, 1.807) is 12.1 Å². The minimum Gasteiger partial charge on any atom is -0.492 e. The summed E-state index contributed by atoms with van der Waals surface area (Å²) in [5, 5.41) is 11.3. The number of hydrogen-bond donors (Lipinski definition) is 2. The molecule has 0 aliphatic rings. The third-order valence-electron chi connectivity index (χ3n) is 4.16. The van der Waals surface area contributed by atoms with Crippen molar-refractivity contribution in [3.05, 3.63) is 58.1 Å². The minimum atomic E-state index is -0.713. The molecule has 0 aromatic heterocycles. The Kier molecular flexibility index (Phi) is 7.38. The molecule has 0 saturated heterocycles. The van der Waals surface area contributed by atoms with Crippen molar-refractivity contribution >= 4 is 28.9 Å². The van der Waals surface area contributed by atoms with Crippen LogP contribution in [0.2, 0.25) is 10.0 Å². The zero-order valence-electron chi connectivity index (χ0n) is 14.5. The van der Waals surface area contributed by atoms with E-state index in [1.807, 2.05) is 30.3 Å². The third-order valence-corrected chi connectivity index (χ3v) is 4.78. The van der Waals surface area contributed by atoms with Crippen molar-refractivity contribution < 1.29 is 9.84 Å². The molecule has 6 heteroatoms. The molecule has 3 N–H and O–H groups in total. The molecule has 2 rings (SSSR count). The van der Waals surface area contributed by atoms with E-state index in [2.05, 4.69) is 18.7 Å². The lowest BCUT2D eigenvalue weighted by atomic mass is 10.1. The Balaban J connectivity index is 1.98. The molecule has 136 valence electrons. The summed E-state index contributed by atoms with van der Waals surface area (Å²) in [5.74, 6) is 0.836. The zero-order valence-corrected chi connectivity index (χ0v) is 16.0. The quantitative estimate of drug-likeness (QED) is 0.664. The normalized spacial score (nSPS) is 13.7. The van der Waals surface area contributed by atoms with Crippen LogP contribution in [0.4, 0.5) is 5.69 Å². The highest BCUT2D eigenvalue weighted by Gasteiger charge is 2.19. The van der Waals surface area contributed by atoms with Crippen molar-refractivity contribution in [3.63, 3.8) is 0 Å². The molecule has 2 aromatic carbocycles. The Morgan fingerprint density at radius 3 is 2.32 bits per heavy atom. The van der Waals surface area contributed by atoms with E-state index >= 15 is 0 Å². The number of nitrogens with two attached hydrogens (primary N) is 1. The fraction of sp³-hybridized carbons (Fsp3) is 0.368. The van der Waals surface area contributed by atoms with Gasteiger partial charge in [0.15, 0.2) is 0 Å². The van der Waals surface area contributed by atoms with E-state index in [4.69, 9.17) is 33.7 Å². The Morgan fingerprint density at radius 2 is 1.76 bits per heavy atom. The summed E-state index contributed by atoms with van der Waals surface area (Å²) in [6.07, 6.45) is -0.713. The van der Waals surface area contributed by atoms with Gasteiger partial charge in [0.25, 0.3) is 0 Å². The average Bonchev–Trinajstić information content (AvgIpc) is 2.62. The second kappa shape index (κ2) is 9.30. The van der Waals surface area contributed by atoms with Crippen LogP contribution in [-0.4, -0.2) is 35.7 Å². The number of nitrogen functional groups attached to an aromatic ring is 1. The van der Waals surface area contributed by atoms with Gasteiger partial charge in [0, 0.05) is 12.6 Å². The number of hydrogen-bond acceptors (Lipinski definition) is 4. The van der Waals surface area contributed by atoms with Crippen LogP contribution in [0.3, 0.4) is 0 Å². The number of halogens is 2. The highest BCUT2D eigenvalue weighted by atomic mass is 35.5. The average molecular weight is 383 g/mol. The van der Waals surface area contributed by atoms with Gasteiger partial charge in [-0.1, -0.05) is 48.3 Å². The van der Waals surface area contributed by atoms with Gasteiger partial charge in [-0.15, -0.1) is 0 Å². The molecule has 0 bridgehead atoms. The van der Waals surface area contributed by atoms with Crippen LogP contribution in [0.5, 0.6) is 5.75 Å². The molecular weight excluding hydrogens is 359 g/mol. The van der Waals surface area contributed by atoms with Crippen molar-refractivity contribution in [1.82, 2.24) is 4.90 Å². The summed E-state index contributed by atoms with van der Waals surface area (Å²) in [4.78, 5) is 2.14. The number of likely N-dealkylation sites (N-methyl/N-ethyl adjacent to an activating group) is 1. The summed E-state index contributed by atoms with van der Waals surface area (Å²) < 4.78 is 5.81. The van der Waals surface area contributed by atoms with Crippen molar-refractivity contribution in [1.29, 1.82) is 0 Å². The van der Waals surface area contributed by atoms with Gasteiger partial charge in [0.2, 0.25) is 0 Å². The molecule has 0 saturated carbocycles. The molecule has 0 aliphatic heterocycles. The van der Waals surface area contributed by atoms with Gasteiger partial charge < -0.3 is 15.6 Å². The molecule has 2 atom stereocenters. The third kappa shape index (κ3) is 5.51. The van der Waals surface area contributed by atoms with E-state index in [-0.39, 0.29) is 6.04 Å². The predicted octanol–water partition coefficient (Wildman–Crippen LogP) is 4.40. The van der Waals surface area contributed by atoms with Gasteiger partial charge in [-0.3, -0.25) is 4.90 Å². The van der Waals surface area contributed by atoms with Crippen LogP contribution >= 0.6 is 23.2 Å². The van der Waals surface area contributed by atoms with Crippen LogP contribution in [0.15, 0.2) is 42.5 Å². The fourth-order valence-electron chi connectivity index (χ4n) is 2.58. The summed E-state index contributed by atoms with van der Waals surface area (Å²) >= 11 is 12.1. The first-order valence-electron chi connectivity index (χ1n) is 8.26. The van der Waals surface area contributed by atoms with E-state index < -0.39 is 6.10 Å². The molecule has 25 heavy (non-hydrogen) atoms. The Labute approximate surface area is 159 Å². The number of nitrogens with zero attached hydrogens (tertiary/aromatic N) is 1. The monoisotopic (exact) mass is 382 g/mol. The number of aliphatic hydroxyl groups excluding tert-OH is 1. The second-order valence-electron chi connectivity index (χ2n) is 5.97. The van der Waals surface area contributed by atoms with Gasteiger partial charge in [-0.05, 0) is 43.3 Å². The van der Waals surface area contributed by atoms with Crippen molar-refractivity contribution in [2.45, 2.75) is 26.0 Å². The van der Waals surface area contributed by atoms with Crippen LogP contribution in [0, 0.1) is 0 Å². The van der Waals surface area contributed by atoms with Gasteiger partial charge >= 0.3 is 0 Å². The van der Waals surface area contributed by atoms with Gasteiger partial charge in [-0.2, -0.15) is 0 Å². The first-order chi connectivity index (χ1) is 11.9. The van der Waals surface area contributed by atoms with E-state index in [1.165, 1.54) is 0 Å². The smallest absolute Gasteiger partial charge is 0.119 e. The summed E-state index contributed by atoms with van der Waals surface area (Å²) in [7, 11) is 0.